The van der Waals surface area contributed by atoms with E-state index in [9.17, 15) is 19.2 Å². The molecule has 0 aromatic carbocycles. The van der Waals surface area contributed by atoms with Crippen LogP contribution in [-0.2, 0) is 28.9 Å². The van der Waals surface area contributed by atoms with Gasteiger partial charge in [-0.3, -0.25) is 18.2 Å². The van der Waals surface area contributed by atoms with Gasteiger partial charge in [0.15, 0.2) is 0 Å². The molecule has 14 atom stereocenters. The summed E-state index contributed by atoms with van der Waals surface area (Å²) in [7, 11) is 0. The standard InChI is InChI=1S/C50H72N4O6S2/c1-47-19-15-31(61-53-23-5-6-24-53)27-39(47)41(29-33-35-9-11-43(55)49(35,3)21-17-37(33)47)51-59-45(57)13-14-46(58)60-52-42-30-34-36-10-12-44(56)50(36,4)22-18-38(34)48(2)20-16-32(28-40(42)48)62-54-25-7-8-26-54/h13-14,31-40H,5-12,15-30H2,1-4H3/b14-13+,51-41-,52-42-/t31?,32?,33-,34-,35-,36-,37+,38+,39?,40?,47+,48+,49-,50-/m0/s1. The first-order chi connectivity index (χ1) is 29.8. The summed E-state index contributed by atoms with van der Waals surface area (Å²) in [6, 6.07) is 0. The molecule has 340 valence electrons. The zero-order valence-corrected chi connectivity index (χ0v) is 39.6. The molecule has 10 nitrogen and oxygen atoms in total. The monoisotopic (exact) mass is 888 g/mol. The van der Waals surface area contributed by atoms with Crippen LogP contribution in [0.1, 0.15) is 156 Å². The predicted octanol–water partition coefficient (Wildman–Crippen LogP) is 10.0. The van der Waals surface area contributed by atoms with Gasteiger partial charge in [-0.25, -0.2) is 9.59 Å². The third-order valence-corrected chi connectivity index (χ3v) is 22.6. The first kappa shape index (κ1) is 43.9. The van der Waals surface area contributed by atoms with Gasteiger partial charge in [-0.05, 0) is 162 Å². The maximum absolute atomic E-state index is 13.4. The summed E-state index contributed by atoms with van der Waals surface area (Å²) in [5.74, 6) is 2.40. The number of fused-ring (bicyclic) bond motifs is 10. The largest absolute Gasteiger partial charge is 0.358 e. The lowest BCUT2D eigenvalue weighted by molar-refractivity contribution is -0.141. The third kappa shape index (κ3) is 7.64. The summed E-state index contributed by atoms with van der Waals surface area (Å²) in [5, 5.41) is 10.4. The smallest absolute Gasteiger partial charge is 0.314 e. The van der Waals surface area contributed by atoms with Crippen LogP contribution in [0.5, 0.6) is 0 Å². The van der Waals surface area contributed by atoms with Gasteiger partial charge in [0.2, 0.25) is 0 Å². The highest BCUT2D eigenvalue weighted by Crippen LogP contribution is 2.67. The lowest BCUT2D eigenvalue weighted by Crippen LogP contribution is -2.57. The lowest BCUT2D eigenvalue weighted by Gasteiger charge is -2.60. The summed E-state index contributed by atoms with van der Waals surface area (Å²) < 4.78 is 5.10. The van der Waals surface area contributed by atoms with Crippen molar-refractivity contribution >= 4 is 58.8 Å². The Morgan fingerprint density at radius 2 is 0.984 bits per heavy atom. The molecule has 0 spiro atoms. The van der Waals surface area contributed by atoms with Crippen molar-refractivity contribution in [2.45, 2.75) is 167 Å². The van der Waals surface area contributed by atoms with Gasteiger partial charge in [0.1, 0.15) is 11.6 Å². The molecule has 0 aromatic rings. The van der Waals surface area contributed by atoms with Gasteiger partial charge in [0.25, 0.3) is 0 Å². The SMILES string of the molecule is C[C@]12CCC(SN3CCCC3)CC1/C(=N\OC(=O)/C=C/C(=O)O/N=C1/C[C@@H]3[C@@H](CC[C@]4(C)C(=O)CC[C@@H]34)[C@@]3(C)CCC(SN4CCCC4)CC13)C[C@@H]1[C@H]2CC[C@]2(C)C(=O)CC[C@@H]12. The highest BCUT2D eigenvalue weighted by atomic mass is 32.2. The first-order valence-electron chi connectivity index (χ1n) is 24.9. The Hall–Kier alpha value is -2.02. The highest BCUT2D eigenvalue weighted by Gasteiger charge is 2.64. The summed E-state index contributed by atoms with van der Waals surface area (Å²) in [4.78, 5) is 64.6. The van der Waals surface area contributed by atoms with Crippen molar-refractivity contribution in [3.05, 3.63) is 12.2 Å². The Bertz CT molecular complexity index is 1760. The molecule has 2 saturated heterocycles. The van der Waals surface area contributed by atoms with Gasteiger partial charge in [0.05, 0.1) is 11.4 Å². The summed E-state index contributed by atoms with van der Waals surface area (Å²) >= 11 is 4.07. The van der Waals surface area contributed by atoms with Gasteiger partial charge in [-0.15, -0.1) is 0 Å². The van der Waals surface area contributed by atoms with Crippen molar-refractivity contribution in [2.24, 2.45) is 79.3 Å². The number of carbonyl (C=O) groups excluding carboxylic acids is 4. The fraction of sp³-hybridized carbons (Fsp3) is 0.840. The summed E-state index contributed by atoms with van der Waals surface area (Å²) in [6.45, 7) is 14.0. The number of nitrogens with zero attached hydrogens (tertiary/aromatic N) is 4. The molecule has 0 amide bonds. The van der Waals surface area contributed by atoms with E-state index in [-0.39, 0.29) is 33.5 Å². The zero-order valence-electron chi connectivity index (χ0n) is 38.0. The summed E-state index contributed by atoms with van der Waals surface area (Å²) in [5.41, 5.74) is 1.52. The van der Waals surface area contributed by atoms with E-state index in [1.54, 1.807) is 0 Å². The molecule has 4 unspecified atom stereocenters. The summed E-state index contributed by atoms with van der Waals surface area (Å²) in [6.07, 6.45) is 22.9. The molecule has 8 aliphatic carbocycles. The van der Waals surface area contributed by atoms with Gasteiger partial charge < -0.3 is 9.68 Å². The molecule has 10 aliphatic rings. The van der Waals surface area contributed by atoms with Gasteiger partial charge in [-0.2, -0.15) is 0 Å². The fourth-order valence-electron chi connectivity index (χ4n) is 16.4. The number of hydrogen-bond acceptors (Lipinski definition) is 12. The maximum Gasteiger partial charge on any atom is 0.358 e. The van der Waals surface area contributed by atoms with Crippen LogP contribution in [0, 0.1) is 69.0 Å². The maximum atomic E-state index is 13.4. The lowest BCUT2D eigenvalue weighted by atomic mass is 9.45. The average Bonchev–Trinajstić information content (AvgIpc) is 4.08. The molecule has 10 fully saturated rings. The minimum Gasteiger partial charge on any atom is -0.314 e. The molecular weight excluding hydrogens is 817 g/mol. The van der Waals surface area contributed by atoms with Crippen molar-refractivity contribution in [2.75, 3.05) is 26.2 Å². The Kier molecular flexibility index (Phi) is 12.0. The molecule has 0 N–H and O–H groups in total. The van der Waals surface area contributed by atoms with Gasteiger partial charge in [-0.1, -0.05) is 61.9 Å². The number of rotatable bonds is 8. The Labute approximate surface area is 378 Å². The van der Waals surface area contributed by atoms with Crippen molar-refractivity contribution in [1.82, 2.24) is 8.61 Å². The minimum atomic E-state index is -0.691. The molecule has 62 heavy (non-hydrogen) atoms. The van der Waals surface area contributed by atoms with Crippen LogP contribution in [0.25, 0.3) is 0 Å². The van der Waals surface area contributed by atoms with Crippen LogP contribution in [0.15, 0.2) is 22.5 Å². The topological polar surface area (TPSA) is 118 Å². The Morgan fingerprint density at radius 3 is 1.39 bits per heavy atom. The van der Waals surface area contributed by atoms with Crippen molar-refractivity contribution in [3.63, 3.8) is 0 Å². The molecule has 0 radical (unpaired) electrons. The number of carbonyl (C=O) groups is 4. The van der Waals surface area contributed by atoms with Crippen LogP contribution in [0.2, 0.25) is 0 Å². The molecule has 12 heteroatoms. The molecule has 0 aromatic heterocycles. The Balaban J connectivity index is 0.845. The van der Waals surface area contributed by atoms with Crippen molar-refractivity contribution in [1.29, 1.82) is 0 Å². The van der Waals surface area contributed by atoms with Crippen LogP contribution >= 0.6 is 23.9 Å². The molecule has 2 heterocycles. The van der Waals surface area contributed by atoms with E-state index in [1.807, 2.05) is 23.9 Å². The van der Waals surface area contributed by atoms with E-state index in [2.05, 4.69) is 36.3 Å². The van der Waals surface area contributed by atoms with Crippen LogP contribution in [0.3, 0.4) is 0 Å². The number of hydrogen-bond donors (Lipinski definition) is 0. The van der Waals surface area contributed by atoms with Crippen LogP contribution < -0.4 is 0 Å². The Morgan fingerprint density at radius 1 is 0.581 bits per heavy atom. The second-order valence-electron chi connectivity index (χ2n) is 22.7. The zero-order chi connectivity index (χ0) is 43.0. The predicted molar refractivity (Wildman–Crippen MR) is 245 cm³/mol. The van der Waals surface area contributed by atoms with E-state index in [1.165, 1.54) is 38.5 Å². The van der Waals surface area contributed by atoms with Crippen molar-refractivity contribution < 1.29 is 28.9 Å². The molecule has 0 bridgehead atoms. The van der Waals surface area contributed by atoms with Crippen LogP contribution in [0.4, 0.5) is 0 Å². The number of oxime groups is 2. The number of Topliss-reactive ketones (excluding diaryl/α,β-unsaturated/α-hetero) is 2. The quantitative estimate of drug-likeness (QED) is 0.101. The van der Waals surface area contributed by atoms with Gasteiger partial charge in [0, 0.05) is 84.3 Å². The average molecular weight is 889 g/mol. The minimum absolute atomic E-state index is 0.0476. The van der Waals surface area contributed by atoms with E-state index < -0.39 is 11.9 Å². The molecule has 8 saturated carbocycles. The normalized spacial score (nSPS) is 46.9. The second kappa shape index (κ2) is 17.0. The van der Waals surface area contributed by atoms with E-state index in [4.69, 9.17) is 20.0 Å². The van der Waals surface area contributed by atoms with E-state index in [0.717, 1.165) is 127 Å². The fourth-order valence-corrected chi connectivity index (χ4v) is 19.2. The van der Waals surface area contributed by atoms with Gasteiger partial charge >= 0.3 is 11.9 Å². The molecule has 10 rings (SSSR count). The van der Waals surface area contributed by atoms with Crippen molar-refractivity contribution in [3.8, 4) is 0 Å². The first-order valence-corrected chi connectivity index (χ1v) is 26.6. The highest BCUT2D eigenvalue weighted by molar-refractivity contribution is 7.97. The molecular formula is C50H72N4O6S2. The van der Waals surface area contributed by atoms with E-state index >= 15 is 0 Å². The third-order valence-electron chi connectivity index (χ3n) is 19.9. The second-order valence-corrected chi connectivity index (χ2v) is 25.5. The van der Waals surface area contributed by atoms with Crippen LogP contribution in [-0.4, -0.2) is 80.2 Å². The van der Waals surface area contributed by atoms with E-state index in [0.29, 0.717) is 70.4 Å². The molecule has 2 aliphatic heterocycles. The number of ketones is 2.